The van der Waals surface area contributed by atoms with E-state index in [1.165, 1.54) is 34.9 Å². The van der Waals surface area contributed by atoms with Gasteiger partial charge >= 0.3 is 0 Å². The molecule has 1 unspecified atom stereocenters. The van der Waals surface area contributed by atoms with Crippen molar-refractivity contribution in [1.82, 2.24) is 4.98 Å². The van der Waals surface area contributed by atoms with Crippen LogP contribution in [0.5, 0.6) is 0 Å². The van der Waals surface area contributed by atoms with Gasteiger partial charge in [-0.25, -0.2) is 0 Å². The topological polar surface area (TPSA) is 24.9 Å². The molecule has 0 bridgehead atoms. The van der Waals surface area contributed by atoms with Gasteiger partial charge in [0.05, 0.1) is 6.04 Å². The summed E-state index contributed by atoms with van der Waals surface area (Å²) in [6, 6.07) is 19.7. The van der Waals surface area contributed by atoms with Gasteiger partial charge in [0.1, 0.15) is 0 Å². The second-order valence-electron chi connectivity index (χ2n) is 5.77. The first-order chi connectivity index (χ1) is 10.4. The van der Waals surface area contributed by atoms with E-state index in [0.29, 0.717) is 6.04 Å². The van der Waals surface area contributed by atoms with Gasteiger partial charge in [-0.2, -0.15) is 0 Å². The maximum atomic E-state index is 4.21. The molecule has 0 saturated heterocycles. The molecular weight excluding hydrogens is 256 g/mol. The highest BCUT2D eigenvalue weighted by Crippen LogP contribution is 2.43. The van der Waals surface area contributed by atoms with Gasteiger partial charge in [0, 0.05) is 28.9 Å². The molecular formula is C19H18N2. The molecule has 0 spiro atoms. The molecule has 104 valence electrons. The number of nitrogens with one attached hydrogen (secondary N) is 1. The molecule has 0 radical (unpaired) electrons. The number of aromatic nitrogens is 1. The van der Waals surface area contributed by atoms with Gasteiger partial charge in [-0.3, -0.25) is 4.98 Å². The summed E-state index contributed by atoms with van der Waals surface area (Å²) in [7, 11) is 0. The summed E-state index contributed by atoms with van der Waals surface area (Å²) in [4.78, 5) is 4.21. The van der Waals surface area contributed by atoms with E-state index in [1.54, 1.807) is 0 Å². The van der Waals surface area contributed by atoms with Gasteiger partial charge in [0.2, 0.25) is 0 Å². The monoisotopic (exact) mass is 274 g/mol. The Morgan fingerprint density at radius 1 is 0.952 bits per heavy atom. The van der Waals surface area contributed by atoms with Crippen LogP contribution in [0.1, 0.15) is 24.4 Å². The van der Waals surface area contributed by atoms with Crippen molar-refractivity contribution in [3.63, 3.8) is 0 Å². The number of hydrogen-bond acceptors (Lipinski definition) is 2. The van der Waals surface area contributed by atoms with E-state index in [1.807, 2.05) is 12.4 Å². The van der Waals surface area contributed by atoms with E-state index in [0.717, 1.165) is 5.92 Å². The summed E-state index contributed by atoms with van der Waals surface area (Å²) in [5, 5.41) is 6.20. The van der Waals surface area contributed by atoms with Crippen LogP contribution in [0.25, 0.3) is 10.8 Å². The lowest BCUT2D eigenvalue weighted by Crippen LogP contribution is -2.13. The van der Waals surface area contributed by atoms with Gasteiger partial charge < -0.3 is 5.32 Å². The van der Waals surface area contributed by atoms with Crippen molar-refractivity contribution in [2.45, 2.75) is 18.9 Å². The lowest BCUT2D eigenvalue weighted by Gasteiger charge is -2.21. The molecule has 1 heterocycles. The Labute approximate surface area is 124 Å². The van der Waals surface area contributed by atoms with E-state index >= 15 is 0 Å². The number of nitrogens with zero attached hydrogens (tertiary/aromatic N) is 1. The lowest BCUT2D eigenvalue weighted by atomic mass is 10.0. The van der Waals surface area contributed by atoms with Crippen molar-refractivity contribution in [2.24, 2.45) is 5.92 Å². The Kier molecular flexibility index (Phi) is 3.07. The molecule has 0 amide bonds. The van der Waals surface area contributed by atoms with Gasteiger partial charge in [-0.05, 0) is 36.5 Å². The van der Waals surface area contributed by atoms with Crippen LogP contribution in [0, 0.1) is 5.92 Å². The largest absolute Gasteiger partial charge is 0.377 e. The zero-order chi connectivity index (χ0) is 14.1. The van der Waals surface area contributed by atoms with Crippen molar-refractivity contribution < 1.29 is 0 Å². The molecule has 2 aromatic carbocycles. The first-order valence-corrected chi connectivity index (χ1v) is 7.56. The lowest BCUT2D eigenvalue weighted by molar-refractivity contribution is 0.680. The maximum Gasteiger partial charge on any atom is 0.0542 e. The van der Waals surface area contributed by atoms with Crippen LogP contribution in [0.2, 0.25) is 0 Å². The van der Waals surface area contributed by atoms with Crippen LogP contribution < -0.4 is 5.32 Å². The van der Waals surface area contributed by atoms with Crippen LogP contribution in [-0.4, -0.2) is 4.98 Å². The predicted molar refractivity (Wildman–Crippen MR) is 87.3 cm³/mol. The van der Waals surface area contributed by atoms with Gasteiger partial charge in [-0.15, -0.1) is 0 Å². The SMILES string of the molecule is c1ccc(C(Nc2cccc3cnccc23)C2CC2)cc1. The number of anilines is 1. The van der Waals surface area contributed by atoms with E-state index in [4.69, 9.17) is 0 Å². The Morgan fingerprint density at radius 2 is 1.81 bits per heavy atom. The summed E-state index contributed by atoms with van der Waals surface area (Å²) in [5.74, 6) is 0.754. The molecule has 3 aromatic rings. The Hall–Kier alpha value is -2.35. The van der Waals surface area contributed by atoms with Crippen molar-refractivity contribution >= 4 is 16.5 Å². The van der Waals surface area contributed by atoms with Gasteiger partial charge in [0.15, 0.2) is 0 Å². The Bertz CT molecular complexity index is 742. The number of hydrogen-bond donors (Lipinski definition) is 1. The van der Waals surface area contributed by atoms with Crippen LogP contribution in [-0.2, 0) is 0 Å². The molecule has 1 saturated carbocycles. The number of rotatable bonds is 4. The fourth-order valence-electron chi connectivity index (χ4n) is 2.98. The summed E-state index contributed by atoms with van der Waals surface area (Å²) in [6.07, 6.45) is 6.43. The Morgan fingerprint density at radius 3 is 2.62 bits per heavy atom. The summed E-state index contributed by atoms with van der Waals surface area (Å²) >= 11 is 0. The summed E-state index contributed by atoms with van der Waals surface area (Å²) < 4.78 is 0. The third-order valence-electron chi connectivity index (χ3n) is 4.24. The first kappa shape index (κ1) is 12.4. The number of fused-ring (bicyclic) bond motifs is 1. The van der Waals surface area contributed by atoms with Crippen molar-refractivity contribution in [3.05, 3.63) is 72.6 Å². The quantitative estimate of drug-likeness (QED) is 0.739. The molecule has 4 rings (SSSR count). The molecule has 2 nitrogen and oxygen atoms in total. The minimum atomic E-state index is 0.407. The third kappa shape index (κ3) is 2.49. The van der Waals surface area contributed by atoms with Gasteiger partial charge in [-0.1, -0.05) is 42.5 Å². The first-order valence-electron chi connectivity index (χ1n) is 7.56. The third-order valence-corrected chi connectivity index (χ3v) is 4.24. The number of benzene rings is 2. The normalized spacial score (nSPS) is 15.8. The van der Waals surface area contributed by atoms with Crippen molar-refractivity contribution in [3.8, 4) is 0 Å². The molecule has 2 heteroatoms. The summed E-state index contributed by atoms with van der Waals surface area (Å²) in [6.45, 7) is 0. The highest BCUT2D eigenvalue weighted by atomic mass is 14.9. The highest BCUT2D eigenvalue weighted by molar-refractivity contribution is 5.93. The Balaban J connectivity index is 1.72. The standard InChI is InChI=1S/C19H18N2/c1-2-5-14(6-3-1)19(15-9-10-15)21-18-8-4-7-16-13-20-12-11-17(16)18/h1-8,11-13,15,19,21H,9-10H2. The van der Waals surface area contributed by atoms with E-state index in [-0.39, 0.29) is 0 Å². The van der Waals surface area contributed by atoms with Crippen LogP contribution in [0.15, 0.2) is 67.0 Å². The minimum Gasteiger partial charge on any atom is -0.377 e. The average molecular weight is 274 g/mol. The van der Waals surface area contributed by atoms with Crippen molar-refractivity contribution in [2.75, 3.05) is 5.32 Å². The molecule has 1 aromatic heterocycles. The van der Waals surface area contributed by atoms with Crippen LogP contribution in [0.4, 0.5) is 5.69 Å². The van der Waals surface area contributed by atoms with Crippen LogP contribution in [0.3, 0.4) is 0 Å². The molecule has 1 N–H and O–H groups in total. The average Bonchev–Trinajstić information content (AvgIpc) is 3.38. The van der Waals surface area contributed by atoms with E-state index in [9.17, 15) is 0 Å². The molecule has 1 atom stereocenters. The zero-order valence-electron chi connectivity index (χ0n) is 11.9. The van der Waals surface area contributed by atoms with Gasteiger partial charge in [0.25, 0.3) is 0 Å². The predicted octanol–water partition coefficient (Wildman–Crippen LogP) is 4.80. The fraction of sp³-hybridized carbons (Fsp3) is 0.211. The molecule has 21 heavy (non-hydrogen) atoms. The minimum absolute atomic E-state index is 0.407. The zero-order valence-corrected chi connectivity index (χ0v) is 11.9. The maximum absolute atomic E-state index is 4.21. The second-order valence-corrected chi connectivity index (χ2v) is 5.77. The van der Waals surface area contributed by atoms with Crippen LogP contribution >= 0.6 is 0 Å². The van der Waals surface area contributed by atoms with E-state index in [2.05, 4.69) is 64.9 Å². The highest BCUT2D eigenvalue weighted by Gasteiger charge is 2.32. The van der Waals surface area contributed by atoms with Crippen molar-refractivity contribution in [1.29, 1.82) is 0 Å². The second kappa shape index (κ2) is 5.21. The molecule has 1 aliphatic rings. The number of pyridine rings is 1. The molecule has 0 aliphatic heterocycles. The molecule has 1 fully saturated rings. The smallest absolute Gasteiger partial charge is 0.0542 e. The molecule has 1 aliphatic carbocycles. The fourth-order valence-corrected chi connectivity index (χ4v) is 2.98. The summed E-state index contributed by atoms with van der Waals surface area (Å²) in [5.41, 5.74) is 2.58. The van der Waals surface area contributed by atoms with E-state index < -0.39 is 0 Å².